The lowest BCUT2D eigenvalue weighted by Crippen LogP contribution is -2.42. The molecular formula is C17H30NO6P. The van der Waals surface area contributed by atoms with E-state index in [1.54, 1.807) is 0 Å². The predicted molar refractivity (Wildman–Crippen MR) is 95.2 cm³/mol. The molecule has 0 bridgehead atoms. The van der Waals surface area contributed by atoms with E-state index in [4.69, 9.17) is 9.57 Å². The zero-order valence-electron chi connectivity index (χ0n) is 15.2. The first-order valence-corrected chi connectivity index (χ1v) is 11.0. The molecule has 0 spiro atoms. The quantitative estimate of drug-likeness (QED) is 0.207. The summed E-state index contributed by atoms with van der Waals surface area (Å²) in [6.07, 6.45) is 6.48. The molecule has 3 atom stereocenters. The Labute approximate surface area is 149 Å². The lowest BCUT2D eigenvalue weighted by Gasteiger charge is -2.34. The first-order chi connectivity index (χ1) is 11.8. The molecule has 1 N–H and O–H groups in total. The second kappa shape index (κ2) is 10.7. The van der Waals surface area contributed by atoms with Crippen molar-refractivity contribution in [2.75, 3.05) is 26.5 Å². The summed E-state index contributed by atoms with van der Waals surface area (Å²) in [5.74, 6) is -0.781. The summed E-state index contributed by atoms with van der Waals surface area (Å²) in [5.41, 5.74) is 0. The van der Waals surface area contributed by atoms with Crippen molar-refractivity contribution in [1.82, 2.24) is 5.06 Å². The smallest absolute Gasteiger partial charge is 0.309 e. The minimum absolute atomic E-state index is 0.148. The first kappa shape index (κ1) is 21.9. The Morgan fingerprint density at radius 1 is 1.32 bits per heavy atom. The van der Waals surface area contributed by atoms with Gasteiger partial charge >= 0.3 is 5.97 Å². The Morgan fingerprint density at radius 3 is 2.64 bits per heavy atom. The maximum atomic E-state index is 12.2. The van der Waals surface area contributed by atoms with Crippen LogP contribution < -0.4 is 0 Å². The van der Waals surface area contributed by atoms with Crippen molar-refractivity contribution in [2.24, 2.45) is 5.92 Å². The summed E-state index contributed by atoms with van der Waals surface area (Å²) in [5, 5.41) is 1.28. The van der Waals surface area contributed by atoms with Gasteiger partial charge in [0, 0.05) is 12.8 Å². The molecule has 0 aromatic carbocycles. The van der Waals surface area contributed by atoms with Gasteiger partial charge in [0.2, 0.25) is 0 Å². The lowest BCUT2D eigenvalue weighted by molar-refractivity contribution is -0.189. The average molecular weight is 375 g/mol. The highest BCUT2D eigenvalue weighted by molar-refractivity contribution is 7.57. The number of hydroxylamine groups is 2. The van der Waals surface area contributed by atoms with E-state index in [1.807, 2.05) is 0 Å². The van der Waals surface area contributed by atoms with Crippen LogP contribution in [-0.2, 0) is 23.7 Å². The Balaban J connectivity index is 2.34. The van der Waals surface area contributed by atoms with E-state index >= 15 is 0 Å². The molecule has 0 heterocycles. The molecule has 0 aliphatic heterocycles. The van der Waals surface area contributed by atoms with E-state index in [0.717, 1.165) is 25.7 Å². The van der Waals surface area contributed by atoms with E-state index < -0.39 is 7.37 Å². The molecule has 7 nitrogen and oxygen atoms in total. The number of unbranched alkanes of at least 4 members (excludes halogenated alkanes) is 2. The summed E-state index contributed by atoms with van der Waals surface area (Å²) in [6, 6.07) is -0.148. The SMILES string of the molecule is C=CC(=O)N(OC)C1CCCC(C(=O)OCCCCCP(C)(=O)O)C1. The van der Waals surface area contributed by atoms with E-state index in [-0.39, 0.29) is 23.8 Å². The van der Waals surface area contributed by atoms with Crippen LogP contribution in [0.4, 0.5) is 0 Å². The molecule has 1 saturated carbocycles. The molecule has 1 fully saturated rings. The molecule has 25 heavy (non-hydrogen) atoms. The third-order valence-corrected chi connectivity index (χ3v) is 5.51. The number of carbonyl (C=O) groups excluding carboxylic acids is 2. The van der Waals surface area contributed by atoms with Crippen molar-refractivity contribution >= 4 is 19.2 Å². The van der Waals surface area contributed by atoms with Crippen LogP contribution in [0.1, 0.15) is 44.9 Å². The monoisotopic (exact) mass is 375 g/mol. The molecule has 1 aliphatic carbocycles. The molecule has 3 unspecified atom stereocenters. The largest absolute Gasteiger partial charge is 0.465 e. The van der Waals surface area contributed by atoms with Crippen LogP contribution in [0.15, 0.2) is 12.7 Å². The van der Waals surface area contributed by atoms with Crippen LogP contribution in [0.5, 0.6) is 0 Å². The molecule has 0 aromatic rings. The normalized spacial score (nSPS) is 22.7. The topological polar surface area (TPSA) is 93.1 Å². The molecular weight excluding hydrogens is 345 g/mol. The van der Waals surface area contributed by atoms with Gasteiger partial charge in [0.25, 0.3) is 5.91 Å². The fourth-order valence-electron chi connectivity index (χ4n) is 3.07. The highest BCUT2D eigenvalue weighted by Crippen LogP contribution is 2.36. The van der Waals surface area contributed by atoms with E-state index in [0.29, 0.717) is 32.0 Å². The molecule has 144 valence electrons. The van der Waals surface area contributed by atoms with Gasteiger partial charge in [0.1, 0.15) is 0 Å². The maximum absolute atomic E-state index is 12.2. The van der Waals surface area contributed by atoms with Gasteiger partial charge in [-0.25, -0.2) is 5.06 Å². The third-order valence-electron chi connectivity index (χ3n) is 4.36. The summed E-state index contributed by atoms with van der Waals surface area (Å²) in [4.78, 5) is 38.4. The Bertz CT molecular complexity index is 503. The van der Waals surface area contributed by atoms with E-state index in [2.05, 4.69) is 6.58 Å². The summed E-state index contributed by atoms with van der Waals surface area (Å²) in [6.45, 7) is 5.13. The second-order valence-electron chi connectivity index (χ2n) is 6.57. The molecule has 1 rings (SSSR count). The molecule has 1 aliphatic rings. The minimum atomic E-state index is -2.94. The van der Waals surface area contributed by atoms with Crippen LogP contribution in [0, 0.1) is 5.92 Å². The molecule has 0 radical (unpaired) electrons. The van der Waals surface area contributed by atoms with Crippen LogP contribution in [-0.4, -0.2) is 54.4 Å². The third kappa shape index (κ3) is 8.17. The Hall–Kier alpha value is -1.17. The van der Waals surface area contributed by atoms with Crippen molar-refractivity contribution < 1.29 is 28.6 Å². The standard InChI is InChI=1S/C17H30NO6P/c1-4-16(19)18(23-2)15-10-8-9-14(13-15)17(20)24-11-6-5-7-12-25(3,21)22/h4,14-15H,1,5-13H2,2-3H3,(H,21,22). The van der Waals surface area contributed by atoms with Crippen LogP contribution in [0.2, 0.25) is 0 Å². The minimum Gasteiger partial charge on any atom is -0.465 e. The zero-order chi connectivity index (χ0) is 18.9. The van der Waals surface area contributed by atoms with Gasteiger partial charge in [-0.15, -0.1) is 0 Å². The summed E-state index contributed by atoms with van der Waals surface area (Å²) < 4.78 is 16.5. The van der Waals surface area contributed by atoms with Gasteiger partial charge in [-0.1, -0.05) is 13.0 Å². The number of nitrogens with zero attached hydrogens (tertiary/aromatic N) is 1. The zero-order valence-corrected chi connectivity index (χ0v) is 16.1. The number of esters is 1. The van der Waals surface area contributed by atoms with Crippen molar-refractivity contribution in [2.45, 2.75) is 51.0 Å². The molecule has 0 saturated heterocycles. The fourth-order valence-corrected chi connectivity index (χ4v) is 3.89. The first-order valence-electron chi connectivity index (χ1n) is 8.74. The van der Waals surface area contributed by atoms with Crippen LogP contribution >= 0.6 is 7.37 Å². The fraction of sp³-hybridized carbons (Fsp3) is 0.765. The number of hydrogen-bond donors (Lipinski definition) is 1. The second-order valence-corrected chi connectivity index (χ2v) is 9.12. The van der Waals surface area contributed by atoms with Crippen LogP contribution in [0.25, 0.3) is 0 Å². The van der Waals surface area contributed by atoms with Gasteiger partial charge in [-0.2, -0.15) is 0 Å². The van der Waals surface area contributed by atoms with Gasteiger partial charge in [0.05, 0.1) is 25.7 Å². The Morgan fingerprint density at radius 2 is 2.04 bits per heavy atom. The van der Waals surface area contributed by atoms with Gasteiger partial charge in [-0.05, 0) is 44.6 Å². The summed E-state index contributed by atoms with van der Waals surface area (Å²) in [7, 11) is -1.51. The number of carbonyl (C=O) groups is 2. The molecule has 1 amide bonds. The Kier molecular flexibility index (Phi) is 9.39. The highest BCUT2D eigenvalue weighted by Gasteiger charge is 2.33. The van der Waals surface area contributed by atoms with Crippen molar-refractivity contribution in [3.05, 3.63) is 12.7 Å². The number of amides is 1. The van der Waals surface area contributed by atoms with Crippen molar-refractivity contribution in [3.63, 3.8) is 0 Å². The predicted octanol–water partition coefficient (Wildman–Crippen LogP) is 2.73. The molecule has 8 heteroatoms. The number of hydrogen-bond acceptors (Lipinski definition) is 5. The highest BCUT2D eigenvalue weighted by atomic mass is 31.2. The maximum Gasteiger partial charge on any atom is 0.309 e. The van der Waals surface area contributed by atoms with Crippen molar-refractivity contribution in [1.29, 1.82) is 0 Å². The number of ether oxygens (including phenoxy) is 1. The van der Waals surface area contributed by atoms with Gasteiger partial charge in [0.15, 0.2) is 7.37 Å². The van der Waals surface area contributed by atoms with Gasteiger partial charge < -0.3 is 9.63 Å². The average Bonchev–Trinajstić information content (AvgIpc) is 2.57. The molecule has 0 aromatic heterocycles. The van der Waals surface area contributed by atoms with Gasteiger partial charge in [-0.3, -0.25) is 19.0 Å². The number of rotatable bonds is 10. The lowest BCUT2D eigenvalue weighted by atomic mass is 9.85. The van der Waals surface area contributed by atoms with Crippen molar-refractivity contribution in [3.8, 4) is 0 Å². The van der Waals surface area contributed by atoms with E-state index in [1.165, 1.54) is 24.9 Å². The summed E-state index contributed by atoms with van der Waals surface area (Å²) >= 11 is 0. The van der Waals surface area contributed by atoms with Crippen LogP contribution in [0.3, 0.4) is 0 Å². The van der Waals surface area contributed by atoms with E-state index in [9.17, 15) is 19.0 Å².